The van der Waals surface area contributed by atoms with Gasteiger partial charge >= 0.3 is 0 Å². The van der Waals surface area contributed by atoms with Crippen LogP contribution in [-0.4, -0.2) is 56.1 Å². The average Bonchev–Trinajstić information content (AvgIpc) is 2.72. The summed E-state index contributed by atoms with van der Waals surface area (Å²) in [5, 5.41) is 2.87. The van der Waals surface area contributed by atoms with Crippen LogP contribution in [0, 0.1) is 12.8 Å². The Balaban J connectivity index is 1.79. The van der Waals surface area contributed by atoms with E-state index in [-0.39, 0.29) is 17.7 Å². The van der Waals surface area contributed by atoms with Gasteiger partial charge in [-0.25, -0.2) is 0 Å². The summed E-state index contributed by atoms with van der Waals surface area (Å²) in [6.07, 6.45) is 3.05. The molecule has 0 radical (unpaired) electrons. The van der Waals surface area contributed by atoms with Crippen molar-refractivity contribution in [3.63, 3.8) is 0 Å². The van der Waals surface area contributed by atoms with Crippen molar-refractivity contribution in [2.45, 2.75) is 38.0 Å². The number of ether oxygens (including phenoxy) is 1. The molecule has 1 unspecified atom stereocenters. The van der Waals surface area contributed by atoms with Crippen LogP contribution >= 0.6 is 0 Å². The molecule has 3 rings (SSSR count). The first kappa shape index (κ1) is 19.8. The smallest absolute Gasteiger partial charge is 0.233 e. The molecule has 2 heterocycles. The molecule has 6 nitrogen and oxygen atoms in total. The minimum absolute atomic E-state index is 0.00862. The van der Waals surface area contributed by atoms with Gasteiger partial charge in [-0.1, -0.05) is 29.8 Å². The number of carbonyl (C=O) groups is 2. The van der Waals surface area contributed by atoms with E-state index < -0.39 is 5.41 Å². The van der Waals surface area contributed by atoms with E-state index in [9.17, 15) is 9.59 Å². The van der Waals surface area contributed by atoms with Crippen LogP contribution in [-0.2, 0) is 19.7 Å². The van der Waals surface area contributed by atoms with Crippen molar-refractivity contribution in [1.29, 1.82) is 0 Å². The fourth-order valence-electron chi connectivity index (χ4n) is 4.24. The number of hydrogen-bond acceptors (Lipinski definition) is 4. The number of aryl methyl sites for hydroxylation is 1. The predicted molar refractivity (Wildman–Crippen MR) is 104 cm³/mol. The standard InChI is InChI=1S/C21H31N3O3/c1-16-4-6-18(7-5-16)21(8-13-27-14-9-21)20(26)24-12-2-3-17(15-24)19(25)23-11-10-22/h4-7,17H,2-3,8-15,22H2,1H3,(H,23,25). The second kappa shape index (κ2) is 8.85. The van der Waals surface area contributed by atoms with Gasteiger partial charge in [0.2, 0.25) is 11.8 Å². The number of rotatable bonds is 5. The number of nitrogens with two attached hydrogens (primary N) is 1. The van der Waals surface area contributed by atoms with Crippen molar-refractivity contribution in [3.8, 4) is 0 Å². The van der Waals surface area contributed by atoms with E-state index in [0.29, 0.717) is 52.2 Å². The molecule has 3 N–H and O–H groups in total. The van der Waals surface area contributed by atoms with Gasteiger partial charge in [-0.2, -0.15) is 0 Å². The normalized spacial score (nSPS) is 22.3. The Labute approximate surface area is 161 Å². The molecule has 2 aliphatic rings. The Morgan fingerprint density at radius 3 is 2.63 bits per heavy atom. The molecule has 1 aromatic rings. The molecule has 2 saturated heterocycles. The Morgan fingerprint density at radius 2 is 1.96 bits per heavy atom. The Morgan fingerprint density at radius 1 is 1.26 bits per heavy atom. The third-order valence-electron chi connectivity index (χ3n) is 5.88. The molecule has 1 aromatic carbocycles. The molecular formula is C21H31N3O3. The van der Waals surface area contributed by atoms with Crippen molar-refractivity contribution in [3.05, 3.63) is 35.4 Å². The molecule has 0 spiro atoms. The summed E-state index contributed by atoms with van der Waals surface area (Å²) in [4.78, 5) is 27.9. The number of carbonyl (C=O) groups excluding carboxylic acids is 2. The van der Waals surface area contributed by atoms with Gasteiger partial charge < -0.3 is 20.7 Å². The Bertz CT molecular complexity index is 653. The highest BCUT2D eigenvalue weighted by Crippen LogP contribution is 2.38. The Kier molecular flexibility index (Phi) is 6.50. The SMILES string of the molecule is Cc1ccc(C2(C(=O)N3CCCC(C(=O)NCCN)C3)CCOCC2)cc1. The van der Waals surface area contributed by atoms with Crippen LogP contribution in [0.4, 0.5) is 0 Å². The summed E-state index contributed by atoms with van der Waals surface area (Å²) in [5.41, 5.74) is 7.19. The first-order valence-corrected chi connectivity index (χ1v) is 9.99. The van der Waals surface area contributed by atoms with Gasteiger partial charge in [0.05, 0.1) is 11.3 Å². The monoisotopic (exact) mass is 373 g/mol. The number of benzene rings is 1. The number of hydrogen-bond donors (Lipinski definition) is 2. The third kappa shape index (κ3) is 4.33. The number of nitrogens with one attached hydrogen (secondary N) is 1. The van der Waals surface area contributed by atoms with Crippen LogP contribution in [0.2, 0.25) is 0 Å². The first-order valence-electron chi connectivity index (χ1n) is 9.99. The maximum Gasteiger partial charge on any atom is 0.233 e. The van der Waals surface area contributed by atoms with Gasteiger partial charge in [0.1, 0.15) is 0 Å². The molecule has 2 amide bonds. The van der Waals surface area contributed by atoms with E-state index in [1.807, 2.05) is 4.90 Å². The lowest BCUT2D eigenvalue weighted by molar-refractivity contribution is -0.144. The van der Waals surface area contributed by atoms with Crippen molar-refractivity contribution < 1.29 is 14.3 Å². The fourth-order valence-corrected chi connectivity index (χ4v) is 4.24. The quantitative estimate of drug-likeness (QED) is 0.816. The van der Waals surface area contributed by atoms with Crippen LogP contribution in [0.3, 0.4) is 0 Å². The van der Waals surface area contributed by atoms with Gasteiger partial charge in [0, 0.05) is 39.4 Å². The molecule has 0 saturated carbocycles. The molecule has 2 aliphatic heterocycles. The highest BCUT2D eigenvalue weighted by molar-refractivity contribution is 5.89. The van der Waals surface area contributed by atoms with Crippen LogP contribution in [0.25, 0.3) is 0 Å². The Hall–Kier alpha value is -1.92. The first-order chi connectivity index (χ1) is 13.1. The second-order valence-electron chi connectivity index (χ2n) is 7.73. The van der Waals surface area contributed by atoms with Crippen molar-refractivity contribution >= 4 is 11.8 Å². The highest BCUT2D eigenvalue weighted by Gasteiger charge is 2.45. The van der Waals surface area contributed by atoms with Gasteiger partial charge in [-0.3, -0.25) is 9.59 Å². The predicted octanol–water partition coefficient (Wildman–Crippen LogP) is 1.36. The summed E-state index contributed by atoms with van der Waals surface area (Å²) in [6.45, 7) is 5.35. The number of nitrogens with zero attached hydrogens (tertiary/aromatic N) is 1. The van der Waals surface area contributed by atoms with Gasteiger partial charge in [0.25, 0.3) is 0 Å². The number of amides is 2. The van der Waals surface area contributed by atoms with Crippen LogP contribution < -0.4 is 11.1 Å². The number of likely N-dealkylation sites (tertiary alicyclic amines) is 1. The summed E-state index contributed by atoms with van der Waals surface area (Å²) >= 11 is 0. The molecule has 27 heavy (non-hydrogen) atoms. The maximum absolute atomic E-state index is 13.7. The zero-order valence-electron chi connectivity index (χ0n) is 16.2. The zero-order valence-corrected chi connectivity index (χ0v) is 16.2. The highest BCUT2D eigenvalue weighted by atomic mass is 16.5. The van der Waals surface area contributed by atoms with E-state index in [0.717, 1.165) is 18.4 Å². The molecule has 148 valence electrons. The zero-order chi connectivity index (χ0) is 19.3. The van der Waals surface area contributed by atoms with E-state index in [1.54, 1.807) is 0 Å². The maximum atomic E-state index is 13.7. The second-order valence-corrected chi connectivity index (χ2v) is 7.73. The van der Waals surface area contributed by atoms with Gasteiger partial charge in [0.15, 0.2) is 0 Å². The van der Waals surface area contributed by atoms with Crippen molar-refractivity contribution in [2.75, 3.05) is 39.4 Å². The summed E-state index contributed by atoms with van der Waals surface area (Å²) in [6, 6.07) is 8.29. The minimum atomic E-state index is -0.540. The lowest BCUT2D eigenvalue weighted by atomic mass is 9.72. The summed E-state index contributed by atoms with van der Waals surface area (Å²) in [7, 11) is 0. The fraction of sp³-hybridized carbons (Fsp3) is 0.619. The minimum Gasteiger partial charge on any atom is -0.381 e. The van der Waals surface area contributed by atoms with Crippen molar-refractivity contribution in [2.24, 2.45) is 11.7 Å². The van der Waals surface area contributed by atoms with Crippen LogP contribution in [0.1, 0.15) is 36.8 Å². The molecule has 6 heteroatoms. The lowest BCUT2D eigenvalue weighted by Crippen LogP contribution is -2.54. The van der Waals surface area contributed by atoms with Crippen LogP contribution in [0.15, 0.2) is 24.3 Å². The largest absolute Gasteiger partial charge is 0.381 e. The molecule has 0 aromatic heterocycles. The summed E-state index contributed by atoms with van der Waals surface area (Å²) in [5.74, 6) is 0.00412. The number of piperidine rings is 1. The molecule has 2 fully saturated rings. The van der Waals surface area contributed by atoms with Gasteiger partial charge in [-0.15, -0.1) is 0 Å². The molecule has 1 atom stereocenters. The average molecular weight is 373 g/mol. The van der Waals surface area contributed by atoms with Gasteiger partial charge in [-0.05, 0) is 38.2 Å². The van der Waals surface area contributed by atoms with E-state index in [1.165, 1.54) is 5.56 Å². The topological polar surface area (TPSA) is 84.7 Å². The van der Waals surface area contributed by atoms with E-state index in [2.05, 4.69) is 36.5 Å². The lowest BCUT2D eigenvalue weighted by Gasteiger charge is -2.42. The van der Waals surface area contributed by atoms with Crippen LogP contribution in [0.5, 0.6) is 0 Å². The summed E-state index contributed by atoms with van der Waals surface area (Å²) < 4.78 is 5.56. The van der Waals surface area contributed by atoms with Crippen molar-refractivity contribution in [1.82, 2.24) is 10.2 Å². The molecule has 0 aliphatic carbocycles. The molecular weight excluding hydrogens is 342 g/mol. The van der Waals surface area contributed by atoms with E-state index >= 15 is 0 Å². The third-order valence-corrected chi connectivity index (χ3v) is 5.88. The van der Waals surface area contributed by atoms with E-state index in [4.69, 9.17) is 10.5 Å². The molecule has 0 bridgehead atoms.